The minimum Gasteiger partial charge on any atom is -0.0622 e. The van der Waals surface area contributed by atoms with Crippen LogP contribution in [-0.2, 0) is 5.41 Å². The first kappa shape index (κ1) is 35.7. The van der Waals surface area contributed by atoms with Gasteiger partial charge in [-0.3, -0.25) is 0 Å². The van der Waals surface area contributed by atoms with Crippen LogP contribution in [0.3, 0.4) is 0 Å². The average Bonchev–Trinajstić information content (AvgIpc) is 3.69. The van der Waals surface area contributed by atoms with Crippen LogP contribution in [0.2, 0.25) is 0 Å². The minimum absolute atomic E-state index is 0.588. The van der Waals surface area contributed by atoms with Gasteiger partial charge in [0.05, 0.1) is 5.41 Å². The van der Waals surface area contributed by atoms with Crippen molar-refractivity contribution in [1.29, 1.82) is 0 Å². The van der Waals surface area contributed by atoms with E-state index in [9.17, 15) is 0 Å². The Balaban J connectivity index is 1.15. The maximum atomic E-state index is 2.54. The molecule has 0 N–H and O–H groups in total. The van der Waals surface area contributed by atoms with Gasteiger partial charge < -0.3 is 0 Å². The second-order valence-electron chi connectivity index (χ2n) is 17.0. The van der Waals surface area contributed by atoms with Crippen LogP contribution in [0.5, 0.6) is 0 Å². The van der Waals surface area contributed by atoms with Crippen molar-refractivity contribution in [2.75, 3.05) is 0 Å². The van der Waals surface area contributed by atoms with Crippen LogP contribution in [0.4, 0.5) is 0 Å². The van der Waals surface area contributed by atoms with E-state index >= 15 is 0 Å². The van der Waals surface area contributed by atoms with Crippen LogP contribution >= 0.6 is 0 Å². The van der Waals surface area contributed by atoms with Crippen molar-refractivity contribution in [2.45, 2.75) is 5.41 Å². The molecule has 292 valence electrons. The third kappa shape index (κ3) is 5.10. The summed E-state index contributed by atoms with van der Waals surface area (Å²) in [5.74, 6) is 0. The molecular formula is C63H40. The number of benzene rings is 12. The molecule has 13 rings (SSSR count). The maximum Gasteiger partial charge on any atom is 0.0725 e. The normalized spacial score (nSPS) is 12.9. The number of rotatable bonds is 5. The Hall–Kier alpha value is -8.06. The summed E-state index contributed by atoms with van der Waals surface area (Å²) in [6, 6.07) is 90.5. The number of hydrogen-bond acceptors (Lipinski definition) is 0. The fraction of sp³-hybridized carbons (Fsp3) is 0.0159. The Morgan fingerprint density at radius 3 is 1.11 bits per heavy atom. The molecule has 0 amide bonds. The van der Waals surface area contributed by atoms with Crippen molar-refractivity contribution in [3.63, 3.8) is 0 Å². The summed E-state index contributed by atoms with van der Waals surface area (Å²) < 4.78 is 0. The van der Waals surface area contributed by atoms with Gasteiger partial charge in [-0.1, -0.05) is 231 Å². The summed E-state index contributed by atoms with van der Waals surface area (Å²) in [6.07, 6.45) is 0. The Labute approximate surface area is 367 Å². The largest absolute Gasteiger partial charge is 0.0725 e. The van der Waals surface area contributed by atoms with Gasteiger partial charge in [-0.05, 0) is 133 Å². The summed E-state index contributed by atoms with van der Waals surface area (Å²) in [5, 5.41) is 12.7. The minimum atomic E-state index is -0.588. The number of fused-ring (bicyclic) bond motifs is 12. The first-order valence-electron chi connectivity index (χ1n) is 22.0. The molecular weight excluding hydrogens is 757 g/mol. The highest BCUT2D eigenvalue weighted by Gasteiger charge is 2.49. The van der Waals surface area contributed by atoms with Crippen LogP contribution in [0.15, 0.2) is 243 Å². The molecule has 0 heterocycles. The Morgan fingerprint density at radius 1 is 0.206 bits per heavy atom. The van der Waals surface area contributed by atoms with Gasteiger partial charge in [-0.2, -0.15) is 0 Å². The third-order valence-electron chi connectivity index (χ3n) is 13.9. The van der Waals surface area contributed by atoms with Gasteiger partial charge >= 0.3 is 0 Å². The molecule has 1 aliphatic carbocycles. The lowest BCUT2D eigenvalue weighted by atomic mass is 9.65. The van der Waals surface area contributed by atoms with Crippen molar-refractivity contribution < 1.29 is 0 Å². The van der Waals surface area contributed by atoms with Gasteiger partial charge in [0, 0.05) is 0 Å². The second-order valence-corrected chi connectivity index (χ2v) is 17.0. The van der Waals surface area contributed by atoms with Crippen molar-refractivity contribution in [3.8, 4) is 44.5 Å². The van der Waals surface area contributed by atoms with E-state index in [0.717, 1.165) is 0 Å². The predicted octanol–water partition coefficient (Wildman–Crippen LogP) is 16.8. The molecule has 0 aromatic heterocycles. The van der Waals surface area contributed by atoms with E-state index in [1.54, 1.807) is 0 Å². The van der Waals surface area contributed by atoms with Gasteiger partial charge in [-0.15, -0.1) is 0 Å². The Kier molecular flexibility index (Phi) is 7.92. The van der Waals surface area contributed by atoms with Gasteiger partial charge in [0.2, 0.25) is 0 Å². The monoisotopic (exact) mass is 796 g/mol. The van der Waals surface area contributed by atoms with Crippen molar-refractivity contribution in [1.82, 2.24) is 0 Å². The molecule has 0 unspecified atom stereocenters. The zero-order valence-corrected chi connectivity index (χ0v) is 34.6. The molecule has 12 aromatic carbocycles. The van der Waals surface area contributed by atoms with E-state index in [1.165, 1.54) is 121 Å². The fourth-order valence-corrected chi connectivity index (χ4v) is 11.5. The topological polar surface area (TPSA) is 0 Å². The van der Waals surface area contributed by atoms with Gasteiger partial charge in [0.1, 0.15) is 0 Å². The van der Waals surface area contributed by atoms with E-state index in [0.29, 0.717) is 0 Å². The molecule has 0 atom stereocenters. The maximum absolute atomic E-state index is 2.54. The van der Waals surface area contributed by atoms with E-state index in [2.05, 4.69) is 243 Å². The standard InChI is InChI=1S/C63H40/c1-4-21-41(22-5-1)58-50-33-14-16-35-52(50)59(53-36-17-15-34-51(53)58)43-24-20-23-42(39-43)56-40-57-60-49-32-13-10-29-46(49)47-30-11-19-38-55(47)62(60)63(44-25-6-2-7-26-44,45-27-8-3-9-28-45)61(57)54-37-18-12-31-48(54)56/h1-40H. The van der Waals surface area contributed by atoms with Crippen LogP contribution in [-0.4, -0.2) is 0 Å². The highest BCUT2D eigenvalue weighted by molar-refractivity contribution is 6.23. The summed E-state index contributed by atoms with van der Waals surface area (Å²) in [6.45, 7) is 0. The van der Waals surface area contributed by atoms with E-state index in [1.807, 2.05) is 0 Å². The van der Waals surface area contributed by atoms with E-state index < -0.39 is 5.41 Å². The molecule has 0 aliphatic heterocycles. The first-order valence-corrected chi connectivity index (χ1v) is 22.0. The van der Waals surface area contributed by atoms with Crippen molar-refractivity contribution in [3.05, 3.63) is 265 Å². The molecule has 0 saturated heterocycles. The number of hydrogen-bond donors (Lipinski definition) is 0. The highest BCUT2D eigenvalue weighted by Crippen LogP contribution is 2.62. The summed E-state index contributed by atoms with van der Waals surface area (Å²) in [5.41, 5.74) is 14.7. The molecule has 0 saturated carbocycles. The predicted molar refractivity (Wildman–Crippen MR) is 268 cm³/mol. The lowest BCUT2D eigenvalue weighted by Gasteiger charge is -2.35. The molecule has 1 aliphatic rings. The Morgan fingerprint density at radius 2 is 0.571 bits per heavy atom. The molecule has 63 heavy (non-hydrogen) atoms. The van der Waals surface area contributed by atoms with Crippen LogP contribution in [0.1, 0.15) is 22.3 Å². The highest BCUT2D eigenvalue weighted by atomic mass is 14.5. The second kappa shape index (κ2) is 14.0. The van der Waals surface area contributed by atoms with Crippen molar-refractivity contribution >= 4 is 53.9 Å². The lowest BCUT2D eigenvalue weighted by Crippen LogP contribution is -2.29. The van der Waals surface area contributed by atoms with Crippen LogP contribution in [0.25, 0.3) is 98.4 Å². The van der Waals surface area contributed by atoms with Crippen LogP contribution in [0, 0.1) is 0 Å². The molecule has 0 bridgehead atoms. The smallest absolute Gasteiger partial charge is 0.0622 e. The summed E-state index contributed by atoms with van der Waals surface area (Å²) in [7, 11) is 0. The zero-order chi connectivity index (χ0) is 41.5. The summed E-state index contributed by atoms with van der Waals surface area (Å²) in [4.78, 5) is 0. The molecule has 0 radical (unpaired) electrons. The first-order chi connectivity index (χ1) is 31.3. The molecule has 12 aromatic rings. The van der Waals surface area contributed by atoms with Crippen LogP contribution < -0.4 is 0 Å². The molecule has 0 heteroatoms. The summed E-state index contributed by atoms with van der Waals surface area (Å²) >= 11 is 0. The van der Waals surface area contributed by atoms with Gasteiger partial charge in [0.25, 0.3) is 0 Å². The molecule has 0 fully saturated rings. The molecule has 0 nitrogen and oxygen atoms in total. The zero-order valence-electron chi connectivity index (χ0n) is 34.6. The van der Waals surface area contributed by atoms with Gasteiger partial charge in [-0.25, -0.2) is 0 Å². The average molecular weight is 797 g/mol. The fourth-order valence-electron chi connectivity index (χ4n) is 11.5. The molecule has 0 spiro atoms. The SMILES string of the molecule is c1ccc(-c2c3ccccc3c(-c3cccc(-c4cc5c(c6ccccc46)C(c4ccccc4)(c4ccccc4)c4c-5c5ccccc5c5ccccc45)c3)c3ccccc23)cc1. The quantitative estimate of drug-likeness (QED) is 0.120. The third-order valence-corrected chi connectivity index (χ3v) is 13.9. The van der Waals surface area contributed by atoms with E-state index in [-0.39, 0.29) is 0 Å². The lowest BCUT2D eigenvalue weighted by molar-refractivity contribution is 0.783. The Bertz CT molecular complexity index is 3670. The van der Waals surface area contributed by atoms with E-state index in [4.69, 9.17) is 0 Å². The van der Waals surface area contributed by atoms with Crippen molar-refractivity contribution in [2.24, 2.45) is 0 Å². The van der Waals surface area contributed by atoms with Gasteiger partial charge in [0.15, 0.2) is 0 Å².